The fourth-order valence-corrected chi connectivity index (χ4v) is 2.73. The fourth-order valence-electron chi connectivity index (χ4n) is 2.21. The summed E-state index contributed by atoms with van der Waals surface area (Å²) in [6.07, 6.45) is 1.02. The van der Waals surface area contributed by atoms with Crippen molar-refractivity contribution in [2.45, 2.75) is 26.0 Å². The summed E-state index contributed by atoms with van der Waals surface area (Å²) in [7, 11) is -3.18. The van der Waals surface area contributed by atoms with Crippen LogP contribution in [-0.2, 0) is 16.6 Å². The summed E-state index contributed by atoms with van der Waals surface area (Å²) in [6.45, 7) is 2.55. The number of aliphatic hydroxyl groups excluding tert-OH is 1. The molecule has 7 nitrogen and oxygen atoms in total. The van der Waals surface area contributed by atoms with Gasteiger partial charge in [-0.15, -0.1) is 0 Å². The van der Waals surface area contributed by atoms with Gasteiger partial charge in [0, 0.05) is 18.8 Å². The number of aryl methyl sites for hydroxylation is 1. The molecule has 2 rings (SSSR count). The summed E-state index contributed by atoms with van der Waals surface area (Å²) in [5, 5.41) is 9.83. The number of nitrogens with one attached hydrogen (secondary N) is 1. The molecule has 4 N–H and O–H groups in total. The van der Waals surface area contributed by atoms with E-state index in [4.69, 9.17) is 5.73 Å². The molecule has 0 spiro atoms. The van der Waals surface area contributed by atoms with E-state index in [0.717, 1.165) is 17.3 Å². The lowest BCUT2D eigenvalue weighted by Gasteiger charge is -2.11. The minimum absolute atomic E-state index is 0.340. The smallest absolute Gasteiger partial charge is 0.208 e. The quantitative estimate of drug-likeness (QED) is 0.535. The van der Waals surface area contributed by atoms with E-state index in [1.807, 2.05) is 10.6 Å². The van der Waals surface area contributed by atoms with Gasteiger partial charge in [0.15, 0.2) is 0 Å². The van der Waals surface area contributed by atoms with Gasteiger partial charge >= 0.3 is 0 Å². The third kappa shape index (κ3) is 3.93. The van der Waals surface area contributed by atoms with Crippen LogP contribution in [0.1, 0.15) is 25.3 Å². The number of nitrogens with two attached hydrogens (primary N) is 1. The van der Waals surface area contributed by atoms with E-state index in [0.29, 0.717) is 31.0 Å². The van der Waals surface area contributed by atoms with Gasteiger partial charge in [0.25, 0.3) is 0 Å². The number of aliphatic hydroxyl groups is 1. The van der Waals surface area contributed by atoms with Crippen molar-refractivity contribution in [3.63, 3.8) is 0 Å². The van der Waals surface area contributed by atoms with Gasteiger partial charge in [0.05, 0.1) is 17.3 Å². The Morgan fingerprint density at radius 3 is 2.81 bits per heavy atom. The number of benzene rings is 1. The lowest BCUT2D eigenvalue weighted by atomic mass is 10.3. The number of aromatic nitrogens is 2. The molecule has 0 bridgehead atoms. The highest BCUT2D eigenvalue weighted by molar-refractivity contribution is 7.88. The Morgan fingerprint density at radius 1 is 1.48 bits per heavy atom. The zero-order valence-corrected chi connectivity index (χ0v) is 12.9. The summed E-state index contributed by atoms with van der Waals surface area (Å²) >= 11 is 0. The highest BCUT2D eigenvalue weighted by atomic mass is 32.2. The van der Waals surface area contributed by atoms with E-state index < -0.39 is 16.1 Å². The Labute approximate surface area is 123 Å². The van der Waals surface area contributed by atoms with Crippen molar-refractivity contribution in [1.29, 1.82) is 0 Å². The molecule has 21 heavy (non-hydrogen) atoms. The molecule has 0 fully saturated rings. The van der Waals surface area contributed by atoms with Crippen molar-refractivity contribution in [2.75, 3.05) is 18.5 Å². The Kier molecular flexibility index (Phi) is 4.50. The number of nitrogen functional groups attached to an aromatic ring is 1. The van der Waals surface area contributed by atoms with E-state index in [-0.39, 0.29) is 0 Å². The van der Waals surface area contributed by atoms with Gasteiger partial charge in [-0.1, -0.05) is 0 Å². The van der Waals surface area contributed by atoms with Crippen LogP contribution in [0.3, 0.4) is 0 Å². The molecule has 1 heterocycles. The van der Waals surface area contributed by atoms with Crippen molar-refractivity contribution in [3.8, 4) is 0 Å². The normalized spacial score (nSPS) is 13.7. The van der Waals surface area contributed by atoms with Crippen LogP contribution < -0.4 is 10.5 Å². The Hall–Kier alpha value is -1.64. The second-order valence-corrected chi connectivity index (χ2v) is 6.90. The zero-order chi connectivity index (χ0) is 15.6. The molecule has 1 aromatic heterocycles. The molecule has 0 saturated heterocycles. The number of hydrogen-bond acceptors (Lipinski definition) is 5. The van der Waals surface area contributed by atoms with Crippen molar-refractivity contribution in [3.05, 3.63) is 24.0 Å². The maximum Gasteiger partial charge on any atom is 0.208 e. The number of rotatable bonds is 6. The second kappa shape index (κ2) is 6.00. The lowest BCUT2D eigenvalue weighted by molar-refractivity contribution is 0.184. The first-order chi connectivity index (χ1) is 9.78. The minimum Gasteiger partial charge on any atom is -0.399 e. The highest BCUT2D eigenvalue weighted by Gasteiger charge is 2.14. The van der Waals surface area contributed by atoms with Gasteiger partial charge in [-0.25, -0.2) is 18.1 Å². The van der Waals surface area contributed by atoms with Crippen LogP contribution in [-0.4, -0.2) is 35.9 Å². The molecule has 1 aromatic carbocycles. The van der Waals surface area contributed by atoms with Crippen LogP contribution >= 0.6 is 0 Å². The van der Waals surface area contributed by atoms with Crippen LogP contribution in [0.5, 0.6) is 0 Å². The maximum atomic E-state index is 11.0. The largest absolute Gasteiger partial charge is 0.399 e. The van der Waals surface area contributed by atoms with Crippen LogP contribution in [0.2, 0.25) is 0 Å². The van der Waals surface area contributed by atoms with Gasteiger partial charge in [-0.2, -0.15) is 0 Å². The first kappa shape index (κ1) is 15.7. The van der Waals surface area contributed by atoms with Gasteiger partial charge < -0.3 is 15.4 Å². The van der Waals surface area contributed by atoms with E-state index >= 15 is 0 Å². The molecule has 0 saturated carbocycles. The standard InChI is InChI=1S/C13H20N4O3S/c1-9(18)13-16-11-8-10(14)4-5-12(11)17(13)7-3-6-15-21(2,19)20/h4-5,8-9,15,18H,3,6-7,14H2,1-2H3. The maximum absolute atomic E-state index is 11.0. The van der Waals surface area contributed by atoms with E-state index in [1.54, 1.807) is 19.1 Å². The number of nitrogens with zero attached hydrogens (tertiary/aromatic N) is 2. The molecular formula is C13H20N4O3S. The van der Waals surface area contributed by atoms with E-state index in [2.05, 4.69) is 9.71 Å². The van der Waals surface area contributed by atoms with Crippen molar-refractivity contribution >= 4 is 26.7 Å². The molecule has 116 valence electrons. The number of sulfonamides is 1. The lowest BCUT2D eigenvalue weighted by Crippen LogP contribution is -2.24. The van der Waals surface area contributed by atoms with Crippen molar-refractivity contribution < 1.29 is 13.5 Å². The molecule has 2 aromatic rings. The second-order valence-electron chi connectivity index (χ2n) is 5.07. The SMILES string of the molecule is CC(O)c1nc2cc(N)ccc2n1CCCNS(C)(=O)=O. The molecule has 1 atom stereocenters. The topological polar surface area (TPSA) is 110 Å². The van der Waals surface area contributed by atoms with Gasteiger partial charge in [0.1, 0.15) is 11.9 Å². The predicted molar refractivity (Wildman–Crippen MR) is 82.2 cm³/mol. The predicted octanol–water partition coefficient (Wildman–Crippen LogP) is 0.611. The molecular weight excluding hydrogens is 292 g/mol. The van der Waals surface area contributed by atoms with Gasteiger partial charge in [-0.3, -0.25) is 0 Å². The molecule has 0 aliphatic heterocycles. The first-order valence-electron chi connectivity index (χ1n) is 6.66. The monoisotopic (exact) mass is 312 g/mol. The number of imidazole rings is 1. The van der Waals surface area contributed by atoms with Gasteiger partial charge in [0.2, 0.25) is 10.0 Å². The Morgan fingerprint density at radius 2 is 2.19 bits per heavy atom. The third-order valence-electron chi connectivity index (χ3n) is 3.10. The molecule has 1 unspecified atom stereocenters. The Bertz CT molecular complexity index is 737. The van der Waals surface area contributed by atoms with Crippen molar-refractivity contribution in [2.24, 2.45) is 0 Å². The highest BCUT2D eigenvalue weighted by Crippen LogP contribution is 2.23. The Balaban J connectivity index is 2.22. The summed E-state index contributed by atoms with van der Waals surface area (Å²) in [5.74, 6) is 0.551. The van der Waals surface area contributed by atoms with Crippen LogP contribution in [0.15, 0.2) is 18.2 Å². The first-order valence-corrected chi connectivity index (χ1v) is 8.55. The molecule has 8 heteroatoms. The molecule has 0 aliphatic carbocycles. The summed E-state index contributed by atoms with van der Waals surface area (Å²) in [4.78, 5) is 4.39. The number of hydrogen-bond donors (Lipinski definition) is 3. The summed E-state index contributed by atoms with van der Waals surface area (Å²) < 4.78 is 26.4. The summed E-state index contributed by atoms with van der Waals surface area (Å²) in [5.41, 5.74) is 7.95. The number of anilines is 1. The molecule has 0 aliphatic rings. The van der Waals surface area contributed by atoms with Crippen molar-refractivity contribution in [1.82, 2.24) is 14.3 Å². The van der Waals surface area contributed by atoms with E-state index in [9.17, 15) is 13.5 Å². The molecule has 0 amide bonds. The summed E-state index contributed by atoms with van der Waals surface area (Å²) in [6, 6.07) is 5.39. The van der Waals surface area contributed by atoms with Gasteiger partial charge in [-0.05, 0) is 31.5 Å². The minimum atomic E-state index is -3.18. The fraction of sp³-hybridized carbons (Fsp3) is 0.462. The average molecular weight is 312 g/mol. The molecule has 0 radical (unpaired) electrons. The van der Waals surface area contributed by atoms with Crippen LogP contribution in [0.25, 0.3) is 11.0 Å². The van der Waals surface area contributed by atoms with E-state index in [1.165, 1.54) is 0 Å². The van der Waals surface area contributed by atoms with Crippen LogP contribution in [0, 0.1) is 0 Å². The third-order valence-corrected chi connectivity index (χ3v) is 3.83. The average Bonchev–Trinajstić information content (AvgIpc) is 2.71. The van der Waals surface area contributed by atoms with Crippen LogP contribution in [0.4, 0.5) is 5.69 Å². The zero-order valence-electron chi connectivity index (χ0n) is 12.1. The number of fused-ring (bicyclic) bond motifs is 1.